The quantitative estimate of drug-likeness (QED) is 0.344. The van der Waals surface area contributed by atoms with Gasteiger partial charge in [-0.3, -0.25) is 4.79 Å². The highest BCUT2D eigenvalue weighted by atomic mass is 32.0. The molecule has 1 aliphatic heterocycles. The lowest BCUT2D eigenvalue weighted by atomic mass is 9.91. The van der Waals surface area contributed by atoms with Crippen LogP contribution in [0.1, 0.15) is 24.8 Å². The van der Waals surface area contributed by atoms with Crippen LogP contribution in [0.25, 0.3) is 0 Å². The van der Waals surface area contributed by atoms with Gasteiger partial charge in [-0.25, -0.2) is 0 Å². The van der Waals surface area contributed by atoms with Gasteiger partial charge < -0.3 is 14.4 Å². The third-order valence-corrected chi connectivity index (χ3v) is 5.81. The average molecular weight is 376 g/mol. The summed E-state index contributed by atoms with van der Waals surface area (Å²) in [6.45, 7) is 0. The minimum absolute atomic E-state index is 0.0527. The second-order valence-corrected chi connectivity index (χ2v) is 9.15. The van der Waals surface area contributed by atoms with E-state index in [0.29, 0.717) is 19.3 Å². The first-order valence-electron chi connectivity index (χ1n) is 8.59. The molecule has 1 aromatic rings. The molecule has 1 saturated heterocycles. The van der Waals surface area contributed by atoms with Crippen LogP contribution in [0.2, 0.25) is 0 Å². The van der Waals surface area contributed by atoms with Crippen molar-refractivity contribution in [2.75, 3.05) is 0 Å². The molecule has 1 aromatic carbocycles. The summed E-state index contributed by atoms with van der Waals surface area (Å²) in [4.78, 5) is 11.6. The molecular weight excluding hydrogens is 353 g/mol. The molecule has 0 aromatic heterocycles. The highest BCUT2D eigenvalue weighted by Gasteiger charge is 2.49. The van der Waals surface area contributed by atoms with E-state index in [-0.39, 0.29) is 30.0 Å². The Hall–Kier alpha value is -0.725. The van der Waals surface area contributed by atoms with Gasteiger partial charge in [-0.05, 0) is 26.1 Å². The van der Waals surface area contributed by atoms with Gasteiger partial charge in [0.2, 0.25) is 0 Å². The maximum absolute atomic E-state index is 11.6. The molecular formula is C18H23BO4P2. The second-order valence-electron chi connectivity index (χ2n) is 6.69. The van der Waals surface area contributed by atoms with Crippen LogP contribution < -0.4 is 0 Å². The van der Waals surface area contributed by atoms with E-state index >= 15 is 0 Å². The van der Waals surface area contributed by atoms with E-state index in [1.807, 2.05) is 30.4 Å². The first-order valence-corrected chi connectivity index (χ1v) is 11.5. The van der Waals surface area contributed by atoms with E-state index < -0.39 is 13.8 Å². The van der Waals surface area contributed by atoms with Crippen molar-refractivity contribution in [3.63, 3.8) is 0 Å². The predicted molar refractivity (Wildman–Crippen MR) is 103 cm³/mol. The van der Waals surface area contributed by atoms with Crippen LogP contribution >= 0.6 is 16.6 Å². The molecule has 7 unspecified atom stereocenters. The molecule has 1 saturated carbocycles. The van der Waals surface area contributed by atoms with Gasteiger partial charge in [-0.2, -0.15) is 0 Å². The van der Waals surface area contributed by atoms with E-state index in [9.17, 15) is 9.90 Å². The van der Waals surface area contributed by atoms with Crippen molar-refractivity contribution >= 4 is 30.2 Å². The van der Waals surface area contributed by atoms with Crippen LogP contribution in [0, 0.1) is 11.8 Å². The zero-order valence-corrected chi connectivity index (χ0v) is 16.1. The summed E-state index contributed by atoms with van der Waals surface area (Å²) in [6, 6.07) is 10.1. The number of aliphatic hydroxyl groups is 1. The van der Waals surface area contributed by atoms with Crippen molar-refractivity contribution in [3.05, 3.63) is 48.0 Å². The Balaban J connectivity index is 1.59. The van der Waals surface area contributed by atoms with E-state index in [1.54, 1.807) is 0 Å². The molecule has 4 nitrogen and oxygen atoms in total. The van der Waals surface area contributed by atoms with Crippen LogP contribution in [0.3, 0.4) is 0 Å². The molecule has 2 fully saturated rings. The Labute approximate surface area is 153 Å². The lowest BCUT2D eigenvalue weighted by molar-refractivity contribution is -0.141. The summed E-state index contributed by atoms with van der Waals surface area (Å²) in [5, 5.41) is 10.3. The Bertz CT molecular complexity index is 610. The minimum Gasteiger partial charge on any atom is -0.462 e. The summed E-state index contributed by atoms with van der Waals surface area (Å²) in [6.07, 6.45) is 5.73. The summed E-state index contributed by atoms with van der Waals surface area (Å²) in [7, 11) is 7.24. The smallest absolute Gasteiger partial charge is 0.306 e. The normalized spacial score (nSPS) is 31.0. The first-order chi connectivity index (χ1) is 12.0. The molecule has 1 heterocycles. The van der Waals surface area contributed by atoms with Gasteiger partial charge in [0.1, 0.15) is 6.10 Å². The van der Waals surface area contributed by atoms with Crippen LogP contribution in [-0.2, 0) is 20.5 Å². The molecule has 2 aliphatic rings. The first kappa shape index (κ1) is 19.0. The van der Waals surface area contributed by atoms with Gasteiger partial charge in [-0.1, -0.05) is 51.4 Å². The molecule has 0 amide bonds. The van der Waals surface area contributed by atoms with Crippen molar-refractivity contribution < 1.29 is 19.2 Å². The number of ether oxygens (including phenoxy) is 1. The van der Waals surface area contributed by atoms with E-state index in [4.69, 9.17) is 16.8 Å². The number of rotatable bonds is 7. The van der Waals surface area contributed by atoms with Crippen LogP contribution in [-0.4, -0.2) is 37.0 Å². The summed E-state index contributed by atoms with van der Waals surface area (Å²) in [5.74, 6) is 0.0318. The zero-order chi connectivity index (χ0) is 17.8. The number of aliphatic hydroxyl groups excluding tert-OH is 1. The summed E-state index contributed by atoms with van der Waals surface area (Å²) in [5.41, 5.74) is 1.21. The monoisotopic (exact) mass is 376 g/mol. The molecule has 132 valence electrons. The zero-order valence-electron chi connectivity index (χ0n) is 14.0. The van der Waals surface area contributed by atoms with Gasteiger partial charge in [0.05, 0.1) is 18.6 Å². The third kappa shape index (κ3) is 5.14. The van der Waals surface area contributed by atoms with E-state index in [2.05, 4.69) is 21.1 Å². The number of hydrogen-bond donors (Lipinski definition) is 1. The maximum atomic E-state index is 11.6. The summed E-state index contributed by atoms with van der Waals surface area (Å²) >= 11 is 0. The molecule has 0 bridgehead atoms. The van der Waals surface area contributed by atoms with Crippen molar-refractivity contribution in [1.29, 1.82) is 0 Å². The molecule has 7 heteroatoms. The number of carbonyl (C=O) groups excluding carboxylic acids is 1. The molecule has 2 radical (unpaired) electrons. The molecule has 1 N–H and O–H groups in total. The molecule has 1 aliphatic carbocycles. The Morgan fingerprint density at radius 2 is 2.20 bits per heavy atom. The average Bonchev–Trinajstić information content (AvgIpc) is 3.07. The van der Waals surface area contributed by atoms with Crippen molar-refractivity contribution in [2.45, 2.75) is 44.0 Å². The Morgan fingerprint density at radius 3 is 2.92 bits per heavy atom. The second kappa shape index (κ2) is 8.78. The number of hydrogen-bond acceptors (Lipinski definition) is 4. The molecule has 25 heavy (non-hydrogen) atoms. The lowest BCUT2D eigenvalue weighted by Crippen LogP contribution is -2.20. The highest BCUT2D eigenvalue weighted by molar-refractivity contribution is 8.23. The minimum atomic E-state index is -1.05. The number of fused-ring (bicyclic) bond motifs is 1. The number of benzene rings is 1. The maximum Gasteiger partial charge on any atom is 0.306 e. The molecule has 0 spiro atoms. The van der Waals surface area contributed by atoms with Gasteiger partial charge >= 0.3 is 5.97 Å². The topological polar surface area (TPSA) is 55.8 Å². The van der Waals surface area contributed by atoms with E-state index in [1.165, 1.54) is 5.56 Å². The standard InChI is InChI=1S/C18H23BO4P2/c19-25(24)23-17-11-16-15(10-18(21)22-16)14(17)9-8-13(20)7-6-12-4-2-1-3-5-12/h1-5,8-9,13-17,20H,6-7,10-11,24H2. The fourth-order valence-corrected chi connectivity index (χ4v) is 4.75. The van der Waals surface area contributed by atoms with Gasteiger partial charge in [-0.15, -0.1) is 0 Å². The van der Waals surface area contributed by atoms with Crippen LogP contribution in [0.5, 0.6) is 0 Å². The van der Waals surface area contributed by atoms with Crippen molar-refractivity contribution in [3.8, 4) is 0 Å². The number of carbonyl (C=O) groups is 1. The van der Waals surface area contributed by atoms with Gasteiger partial charge in [0, 0.05) is 18.3 Å². The van der Waals surface area contributed by atoms with Gasteiger partial charge in [0.25, 0.3) is 0 Å². The van der Waals surface area contributed by atoms with Crippen molar-refractivity contribution in [1.82, 2.24) is 0 Å². The Kier molecular flexibility index (Phi) is 6.69. The fourth-order valence-electron chi connectivity index (χ4n) is 3.75. The number of esters is 1. The van der Waals surface area contributed by atoms with Crippen molar-refractivity contribution in [2.24, 2.45) is 11.8 Å². The van der Waals surface area contributed by atoms with Gasteiger partial charge in [0.15, 0.2) is 7.57 Å². The Morgan fingerprint density at radius 1 is 1.44 bits per heavy atom. The number of aryl methyl sites for hydroxylation is 1. The summed E-state index contributed by atoms with van der Waals surface area (Å²) < 4.78 is 11.2. The van der Waals surface area contributed by atoms with Crippen LogP contribution in [0.15, 0.2) is 42.5 Å². The lowest BCUT2D eigenvalue weighted by Gasteiger charge is -2.22. The van der Waals surface area contributed by atoms with Crippen LogP contribution in [0.4, 0.5) is 0 Å². The predicted octanol–water partition coefficient (Wildman–Crippen LogP) is 3.14. The fraction of sp³-hybridized carbons (Fsp3) is 0.500. The molecule has 7 atom stereocenters. The van der Waals surface area contributed by atoms with E-state index in [0.717, 1.165) is 6.42 Å². The SMILES string of the molecule is [B]P(P)OC1CC2OC(=O)CC2C1C=CC(O)CCc1ccccc1. The molecule has 3 rings (SSSR count). The highest BCUT2D eigenvalue weighted by Crippen LogP contribution is 2.50. The third-order valence-electron chi connectivity index (χ3n) is 4.94. The largest absolute Gasteiger partial charge is 0.462 e.